The fourth-order valence-corrected chi connectivity index (χ4v) is 3.72. The summed E-state index contributed by atoms with van der Waals surface area (Å²) in [5.74, 6) is 0.969. The molecular weight excluding hydrogens is 306 g/mol. The number of rotatable bonds is 3. The minimum Gasteiger partial charge on any atom is -0.347 e. The molecule has 2 unspecified atom stereocenters. The van der Waals surface area contributed by atoms with E-state index in [1.54, 1.807) is 28.8 Å². The van der Waals surface area contributed by atoms with Crippen LogP contribution in [0.5, 0.6) is 0 Å². The van der Waals surface area contributed by atoms with Crippen LogP contribution in [0.1, 0.15) is 31.0 Å². The first-order valence-corrected chi connectivity index (χ1v) is 8.23. The number of hydrogen-bond acceptors (Lipinski definition) is 3. The third-order valence-electron chi connectivity index (χ3n) is 3.63. The molecule has 0 spiro atoms. The number of benzene rings is 1. The summed E-state index contributed by atoms with van der Waals surface area (Å²) in [5, 5.41) is 7.94. The van der Waals surface area contributed by atoms with Crippen molar-refractivity contribution in [2.24, 2.45) is 0 Å². The van der Waals surface area contributed by atoms with Gasteiger partial charge in [-0.3, -0.25) is 9.48 Å². The number of hydrogen-bond donors (Lipinski definition) is 1. The SMILES string of the molecule is CC(C(=O)NC1CCSc2ccc(Cl)cc21)n1cccn1. The molecule has 0 saturated carbocycles. The van der Waals surface area contributed by atoms with Crippen LogP contribution in [-0.4, -0.2) is 21.4 Å². The predicted molar refractivity (Wildman–Crippen MR) is 84.6 cm³/mol. The highest BCUT2D eigenvalue weighted by molar-refractivity contribution is 7.99. The molecule has 1 amide bonds. The molecule has 110 valence electrons. The summed E-state index contributed by atoms with van der Waals surface area (Å²) in [6.45, 7) is 1.85. The fraction of sp³-hybridized carbons (Fsp3) is 0.333. The maximum atomic E-state index is 12.4. The summed E-state index contributed by atoms with van der Waals surface area (Å²) in [4.78, 5) is 13.6. The Balaban J connectivity index is 1.77. The largest absolute Gasteiger partial charge is 0.347 e. The van der Waals surface area contributed by atoms with E-state index in [9.17, 15) is 4.79 Å². The van der Waals surface area contributed by atoms with Crippen LogP contribution in [0.2, 0.25) is 5.02 Å². The van der Waals surface area contributed by atoms with Crippen molar-refractivity contribution >= 4 is 29.3 Å². The van der Waals surface area contributed by atoms with Gasteiger partial charge < -0.3 is 5.32 Å². The second-order valence-electron chi connectivity index (χ2n) is 5.04. The van der Waals surface area contributed by atoms with Crippen LogP contribution >= 0.6 is 23.4 Å². The third-order valence-corrected chi connectivity index (χ3v) is 4.99. The normalized spacial score (nSPS) is 18.9. The Kier molecular flexibility index (Phi) is 4.22. The monoisotopic (exact) mass is 321 g/mol. The number of nitrogens with one attached hydrogen (secondary N) is 1. The summed E-state index contributed by atoms with van der Waals surface area (Å²) in [6.07, 6.45) is 4.39. The summed E-state index contributed by atoms with van der Waals surface area (Å²) >= 11 is 7.89. The van der Waals surface area contributed by atoms with E-state index >= 15 is 0 Å². The maximum Gasteiger partial charge on any atom is 0.245 e. The number of aromatic nitrogens is 2. The van der Waals surface area contributed by atoms with Gasteiger partial charge in [0.2, 0.25) is 5.91 Å². The molecule has 0 aliphatic carbocycles. The second-order valence-corrected chi connectivity index (χ2v) is 6.62. The topological polar surface area (TPSA) is 46.9 Å². The first-order chi connectivity index (χ1) is 10.1. The van der Waals surface area contributed by atoms with Crippen molar-refractivity contribution in [3.05, 3.63) is 47.2 Å². The van der Waals surface area contributed by atoms with E-state index in [0.29, 0.717) is 5.02 Å². The first-order valence-electron chi connectivity index (χ1n) is 6.87. The molecule has 3 rings (SSSR count). The van der Waals surface area contributed by atoms with E-state index in [4.69, 9.17) is 11.6 Å². The number of carbonyl (C=O) groups is 1. The van der Waals surface area contributed by atoms with Crippen molar-refractivity contribution in [3.8, 4) is 0 Å². The second kappa shape index (κ2) is 6.12. The molecule has 2 heterocycles. The summed E-state index contributed by atoms with van der Waals surface area (Å²) in [6, 6.07) is 7.38. The van der Waals surface area contributed by atoms with Crippen LogP contribution < -0.4 is 5.32 Å². The maximum absolute atomic E-state index is 12.4. The van der Waals surface area contributed by atoms with Crippen LogP contribution in [0.4, 0.5) is 0 Å². The average Bonchev–Trinajstić information content (AvgIpc) is 3.01. The highest BCUT2D eigenvalue weighted by Gasteiger charge is 2.25. The molecule has 0 radical (unpaired) electrons. The van der Waals surface area contributed by atoms with E-state index in [-0.39, 0.29) is 18.0 Å². The quantitative estimate of drug-likeness (QED) is 0.942. The zero-order chi connectivity index (χ0) is 14.8. The van der Waals surface area contributed by atoms with Gasteiger partial charge >= 0.3 is 0 Å². The fourth-order valence-electron chi connectivity index (χ4n) is 2.44. The number of halogens is 1. The van der Waals surface area contributed by atoms with Crippen LogP contribution in [0.3, 0.4) is 0 Å². The molecular formula is C15H16ClN3OS. The Hall–Kier alpha value is -1.46. The van der Waals surface area contributed by atoms with Gasteiger partial charge in [-0.2, -0.15) is 5.10 Å². The van der Waals surface area contributed by atoms with Crippen LogP contribution in [0.25, 0.3) is 0 Å². The highest BCUT2D eigenvalue weighted by atomic mass is 35.5. The zero-order valence-electron chi connectivity index (χ0n) is 11.6. The lowest BCUT2D eigenvalue weighted by Crippen LogP contribution is -2.35. The first kappa shape index (κ1) is 14.5. The number of amides is 1. The van der Waals surface area contributed by atoms with Crippen LogP contribution in [0.15, 0.2) is 41.6 Å². The molecule has 2 aromatic rings. The van der Waals surface area contributed by atoms with Crippen molar-refractivity contribution in [1.29, 1.82) is 0 Å². The summed E-state index contributed by atoms with van der Waals surface area (Å²) < 4.78 is 1.66. The van der Waals surface area contributed by atoms with Crippen molar-refractivity contribution in [2.45, 2.75) is 30.3 Å². The molecule has 4 nitrogen and oxygen atoms in total. The Bertz CT molecular complexity index is 644. The average molecular weight is 322 g/mol. The summed E-state index contributed by atoms with van der Waals surface area (Å²) in [5.41, 5.74) is 1.11. The number of nitrogens with zero attached hydrogens (tertiary/aromatic N) is 2. The Morgan fingerprint density at radius 3 is 3.19 bits per heavy atom. The lowest BCUT2D eigenvalue weighted by molar-refractivity contribution is -0.125. The van der Waals surface area contributed by atoms with E-state index < -0.39 is 0 Å². The minimum absolute atomic E-state index is 0.0189. The standard InChI is InChI=1S/C15H16ClN3OS/c1-10(19-7-2-6-17-19)15(20)18-13-5-8-21-14-4-3-11(16)9-12(13)14/h2-4,6-7,9-10,13H,5,8H2,1H3,(H,18,20). The van der Waals surface area contributed by atoms with Gasteiger partial charge in [-0.1, -0.05) is 11.6 Å². The van der Waals surface area contributed by atoms with Gasteiger partial charge in [-0.25, -0.2) is 0 Å². The lowest BCUT2D eigenvalue weighted by atomic mass is 10.0. The molecule has 0 saturated heterocycles. The Morgan fingerprint density at radius 2 is 2.43 bits per heavy atom. The highest BCUT2D eigenvalue weighted by Crippen LogP contribution is 2.37. The van der Waals surface area contributed by atoms with Crippen LogP contribution in [-0.2, 0) is 4.79 Å². The number of thioether (sulfide) groups is 1. The molecule has 1 aromatic carbocycles. The molecule has 1 aliphatic heterocycles. The molecule has 21 heavy (non-hydrogen) atoms. The minimum atomic E-state index is -0.322. The van der Waals surface area contributed by atoms with Crippen molar-refractivity contribution in [3.63, 3.8) is 0 Å². The molecule has 0 bridgehead atoms. The van der Waals surface area contributed by atoms with Crippen LogP contribution in [0, 0.1) is 0 Å². The smallest absolute Gasteiger partial charge is 0.245 e. The van der Waals surface area contributed by atoms with Gasteiger partial charge in [0.05, 0.1) is 6.04 Å². The van der Waals surface area contributed by atoms with Crippen molar-refractivity contribution in [1.82, 2.24) is 15.1 Å². The van der Waals surface area contributed by atoms with Gasteiger partial charge in [0, 0.05) is 28.1 Å². The van der Waals surface area contributed by atoms with Crippen molar-refractivity contribution < 1.29 is 4.79 Å². The lowest BCUT2D eigenvalue weighted by Gasteiger charge is -2.27. The molecule has 1 aliphatic rings. The zero-order valence-corrected chi connectivity index (χ0v) is 13.2. The van der Waals surface area contributed by atoms with Gasteiger partial charge in [0.1, 0.15) is 6.04 Å². The van der Waals surface area contributed by atoms with E-state index in [1.807, 2.05) is 31.2 Å². The van der Waals surface area contributed by atoms with E-state index in [0.717, 1.165) is 17.7 Å². The molecule has 2 atom stereocenters. The third kappa shape index (κ3) is 3.09. The predicted octanol–water partition coefficient (Wildman–Crippen LogP) is 3.45. The van der Waals surface area contributed by atoms with E-state index in [2.05, 4.69) is 10.4 Å². The van der Waals surface area contributed by atoms with Gasteiger partial charge in [-0.15, -0.1) is 11.8 Å². The van der Waals surface area contributed by atoms with E-state index in [1.165, 1.54) is 4.90 Å². The Labute approximate surface area is 132 Å². The van der Waals surface area contributed by atoms with Gasteiger partial charge in [-0.05, 0) is 43.2 Å². The number of carbonyl (C=O) groups excluding carboxylic acids is 1. The molecule has 6 heteroatoms. The molecule has 0 fully saturated rings. The summed E-state index contributed by atoms with van der Waals surface area (Å²) in [7, 11) is 0. The number of fused-ring (bicyclic) bond motifs is 1. The van der Waals surface area contributed by atoms with Gasteiger partial charge in [0.15, 0.2) is 0 Å². The Morgan fingerprint density at radius 1 is 1.57 bits per heavy atom. The molecule has 1 aromatic heterocycles. The van der Waals surface area contributed by atoms with Crippen molar-refractivity contribution in [2.75, 3.05) is 5.75 Å². The molecule has 1 N–H and O–H groups in total. The van der Waals surface area contributed by atoms with Gasteiger partial charge in [0.25, 0.3) is 0 Å².